The van der Waals surface area contributed by atoms with Crippen molar-refractivity contribution in [1.82, 2.24) is 0 Å². The lowest BCUT2D eigenvalue weighted by atomic mass is 9.96. The fourth-order valence-corrected chi connectivity index (χ4v) is 1.51. The van der Waals surface area contributed by atoms with Crippen molar-refractivity contribution in [2.45, 2.75) is 32.1 Å². The first kappa shape index (κ1) is 10.8. The predicted molar refractivity (Wildman–Crippen MR) is 56.3 cm³/mol. The van der Waals surface area contributed by atoms with Gasteiger partial charge in [-0.2, -0.15) is 0 Å². The van der Waals surface area contributed by atoms with Crippen molar-refractivity contribution < 1.29 is 9.90 Å². The van der Waals surface area contributed by atoms with Crippen LogP contribution >= 0.6 is 0 Å². The molecule has 1 unspecified atom stereocenters. The van der Waals surface area contributed by atoms with E-state index >= 15 is 0 Å². The number of carbonyl (C=O) groups is 1. The minimum Gasteiger partial charge on any atom is -0.481 e. The van der Waals surface area contributed by atoms with Crippen molar-refractivity contribution in [2.75, 3.05) is 0 Å². The van der Waals surface area contributed by atoms with Crippen LogP contribution in [-0.2, 0) is 4.79 Å². The average Bonchev–Trinajstić information content (AvgIpc) is 2.18. The van der Waals surface area contributed by atoms with Crippen LogP contribution in [0.4, 0.5) is 0 Å². The molecular weight excluding hydrogens is 176 g/mol. The molecule has 2 heteroatoms. The lowest BCUT2D eigenvalue weighted by Gasteiger charge is -2.10. The van der Waals surface area contributed by atoms with Crippen molar-refractivity contribution >= 4 is 5.97 Å². The molecule has 0 saturated heterocycles. The van der Waals surface area contributed by atoms with Crippen molar-refractivity contribution in [3.8, 4) is 0 Å². The first-order valence-corrected chi connectivity index (χ1v) is 4.97. The molecule has 0 aliphatic heterocycles. The molecular formula is C12H16O2. The van der Waals surface area contributed by atoms with Crippen molar-refractivity contribution in [2.24, 2.45) is 0 Å². The van der Waals surface area contributed by atoms with Crippen LogP contribution in [-0.4, -0.2) is 11.1 Å². The van der Waals surface area contributed by atoms with Crippen molar-refractivity contribution in [3.05, 3.63) is 35.9 Å². The highest BCUT2D eigenvalue weighted by Crippen LogP contribution is 2.20. The second-order valence-electron chi connectivity index (χ2n) is 3.60. The number of rotatable bonds is 5. The summed E-state index contributed by atoms with van der Waals surface area (Å²) >= 11 is 0. The van der Waals surface area contributed by atoms with Crippen molar-refractivity contribution in [3.63, 3.8) is 0 Å². The highest BCUT2D eigenvalue weighted by atomic mass is 16.4. The Morgan fingerprint density at radius 2 is 2.00 bits per heavy atom. The number of carboxylic acids is 1. The fourth-order valence-electron chi connectivity index (χ4n) is 1.51. The lowest BCUT2D eigenvalue weighted by molar-refractivity contribution is -0.137. The van der Waals surface area contributed by atoms with E-state index in [0.29, 0.717) is 5.92 Å². The van der Waals surface area contributed by atoms with E-state index in [1.54, 1.807) is 0 Å². The first-order valence-electron chi connectivity index (χ1n) is 4.97. The molecule has 0 radical (unpaired) electrons. The Hall–Kier alpha value is -1.31. The van der Waals surface area contributed by atoms with Crippen LogP contribution in [0.2, 0.25) is 0 Å². The van der Waals surface area contributed by atoms with E-state index in [2.05, 4.69) is 19.1 Å². The first-order chi connectivity index (χ1) is 6.70. The number of hydrogen-bond acceptors (Lipinski definition) is 1. The molecule has 1 rings (SSSR count). The van der Waals surface area contributed by atoms with Crippen LogP contribution in [0.3, 0.4) is 0 Å². The fraction of sp³-hybridized carbons (Fsp3) is 0.417. The van der Waals surface area contributed by atoms with E-state index in [0.717, 1.165) is 12.8 Å². The zero-order chi connectivity index (χ0) is 10.4. The second kappa shape index (κ2) is 5.43. The molecule has 1 aromatic carbocycles. The van der Waals surface area contributed by atoms with Gasteiger partial charge in [0.05, 0.1) is 0 Å². The monoisotopic (exact) mass is 192 g/mol. The van der Waals surface area contributed by atoms with Crippen LogP contribution in [0.1, 0.15) is 37.7 Å². The quantitative estimate of drug-likeness (QED) is 0.778. The number of aliphatic carboxylic acids is 1. The van der Waals surface area contributed by atoms with Gasteiger partial charge in [-0.1, -0.05) is 37.3 Å². The van der Waals surface area contributed by atoms with Gasteiger partial charge in [-0.25, -0.2) is 0 Å². The summed E-state index contributed by atoms with van der Waals surface area (Å²) < 4.78 is 0. The Balaban J connectivity index is 2.36. The zero-order valence-electron chi connectivity index (χ0n) is 8.44. The maximum atomic E-state index is 10.3. The van der Waals surface area contributed by atoms with E-state index in [4.69, 9.17) is 5.11 Å². The molecule has 0 aliphatic rings. The van der Waals surface area contributed by atoms with E-state index < -0.39 is 5.97 Å². The smallest absolute Gasteiger partial charge is 0.303 e. The molecule has 0 fully saturated rings. The number of benzene rings is 1. The second-order valence-corrected chi connectivity index (χ2v) is 3.60. The molecule has 2 nitrogen and oxygen atoms in total. The van der Waals surface area contributed by atoms with Gasteiger partial charge in [0.25, 0.3) is 0 Å². The van der Waals surface area contributed by atoms with E-state index in [9.17, 15) is 4.79 Å². The maximum absolute atomic E-state index is 10.3. The van der Waals surface area contributed by atoms with E-state index in [1.807, 2.05) is 18.2 Å². The molecule has 0 aliphatic carbocycles. The minimum absolute atomic E-state index is 0.275. The van der Waals surface area contributed by atoms with Crippen LogP contribution in [0.5, 0.6) is 0 Å². The third-order valence-corrected chi connectivity index (χ3v) is 2.40. The van der Waals surface area contributed by atoms with Gasteiger partial charge in [-0.05, 0) is 24.3 Å². The van der Waals surface area contributed by atoms with Gasteiger partial charge in [0.2, 0.25) is 0 Å². The summed E-state index contributed by atoms with van der Waals surface area (Å²) in [6.07, 6.45) is 1.97. The van der Waals surface area contributed by atoms with Crippen LogP contribution < -0.4 is 0 Å². The Bertz CT molecular complexity index is 280. The number of carboxylic acid groups (broad SMARTS) is 1. The van der Waals surface area contributed by atoms with Gasteiger partial charge in [0.15, 0.2) is 0 Å². The van der Waals surface area contributed by atoms with Crippen LogP contribution in [0.25, 0.3) is 0 Å². The Morgan fingerprint density at radius 3 is 2.57 bits per heavy atom. The van der Waals surface area contributed by atoms with Gasteiger partial charge < -0.3 is 5.11 Å². The SMILES string of the molecule is CC(CCCC(=O)O)c1ccccc1. The topological polar surface area (TPSA) is 37.3 Å². The van der Waals surface area contributed by atoms with Crippen LogP contribution in [0, 0.1) is 0 Å². The molecule has 0 heterocycles. The lowest BCUT2D eigenvalue weighted by Crippen LogP contribution is -1.98. The number of hydrogen-bond donors (Lipinski definition) is 1. The molecule has 0 amide bonds. The third-order valence-electron chi connectivity index (χ3n) is 2.40. The summed E-state index contributed by atoms with van der Waals surface area (Å²) in [6.45, 7) is 2.14. The normalized spacial score (nSPS) is 12.4. The van der Waals surface area contributed by atoms with Crippen LogP contribution in [0.15, 0.2) is 30.3 Å². The summed E-state index contributed by atoms with van der Waals surface area (Å²) in [5, 5.41) is 8.50. The van der Waals surface area contributed by atoms with Crippen molar-refractivity contribution in [1.29, 1.82) is 0 Å². The Labute approximate surface area is 84.6 Å². The Kier molecular flexibility index (Phi) is 4.17. The Morgan fingerprint density at radius 1 is 1.36 bits per heavy atom. The molecule has 0 bridgehead atoms. The highest BCUT2D eigenvalue weighted by Gasteiger charge is 2.05. The highest BCUT2D eigenvalue weighted by molar-refractivity contribution is 5.66. The summed E-state index contributed by atoms with van der Waals surface area (Å²) in [5.74, 6) is -0.249. The van der Waals surface area contributed by atoms with Gasteiger partial charge in [-0.3, -0.25) is 4.79 Å². The zero-order valence-corrected chi connectivity index (χ0v) is 8.44. The largest absolute Gasteiger partial charge is 0.481 e. The third kappa shape index (κ3) is 3.60. The molecule has 1 atom stereocenters. The molecule has 76 valence electrons. The predicted octanol–water partition coefficient (Wildman–Crippen LogP) is 3.05. The minimum atomic E-state index is -0.703. The van der Waals surface area contributed by atoms with Gasteiger partial charge >= 0.3 is 5.97 Å². The average molecular weight is 192 g/mol. The molecule has 1 aromatic rings. The standard InChI is InChI=1S/C12H16O2/c1-10(6-5-9-12(13)14)11-7-3-2-4-8-11/h2-4,7-8,10H,5-6,9H2,1H3,(H,13,14). The maximum Gasteiger partial charge on any atom is 0.303 e. The molecule has 14 heavy (non-hydrogen) atoms. The summed E-state index contributed by atoms with van der Waals surface area (Å²) in [4.78, 5) is 10.3. The summed E-state index contributed by atoms with van der Waals surface area (Å²) in [6, 6.07) is 10.2. The van der Waals surface area contributed by atoms with E-state index in [1.165, 1.54) is 5.56 Å². The van der Waals surface area contributed by atoms with Gasteiger partial charge in [-0.15, -0.1) is 0 Å². The van der Waals surface area contributed by atoms with Gasteiger partial charge in [0, 0.05) is 6.42 Å². The van der Waals surface area contributed by atoms with E-state index in [-0.39, 0.29) is 6.42 Å². The summed E-state index contributed by atoms with van der Waals surface area (Å²) in [7, 11) is 0. The molecule has 0 saturated carbocycles. The van der Waals surface area contributed by atoms with Gasteiger partial charge in [0.1, 0.15) is 0 Å². The molecule has 1 N–H and O–H groups in total. The molecule has 0 aromatic heterocycles. The molecule has 0 spiro atoms. The summed E-state index contributed by atoms with van der Waals surface area (Å²) in [5.41, 5.74) is 1.29.